The molecule has 0 saturated heterocycles. The molecule has 7 rings (SSSR count). The third kappa shape index (κ3) is 4.50. The van der Waals surface area contributed by atoms with E-state index in [1.807, 2.05) is 23.6 Å². The summed E-state index contributed by atoms with van der Waals surface area (Å²) in [5.41, 5.74) is 5.72. The van der Waals surface area contributed by atoms with Crippen LogP contribution in [0.25, 0.3) is 11.8 Å². The number of allylic oxidation sites excluding steroid dienone is 1. The van der Waals surface area contributed by atoms with Gasteiger partial charge in [0, 0.05) is 16.0 Å². The van der Waals surface area contributed by atoms with Crippen molar-refractivity contribution in [3.05, 3.63) is 144 Å². The molecule has 1 unspecified atom stereocenters. The predicted molar refractivity (Wildman–Crippen MR) is 155 cm³/mol. The fraction of sp³-hybridized carbons (Fsp3) is 0.152. The second-order valence-electron chi connectivity index (χ2n) is 9.92. The minimum absolute atomic E-state index is 0.0603. The lowest BCUT2D eigenvalue weighted by Gasteiger charge is -2.29. The summed E-state index contributed by atoms with van der Waals surface area (Å²) < 4.78 is 33.2. The van der Waals surface area contributed by atoms with Gasteiger partial charge in [0.2, 0.25) is 0 Å². The summed E-state index contributed by atoms with van der Waals surface area (Å²) in [7, 11) is 1.54. The Morgan fingerprint density at radius 3 is 2.73 bits per heavy atom. The summed E-state index contributed by atoms with van der Waals surface area (Å²) in [6, 6.07) is 23.9. The summed E-state index contributed by atoms with van der Waals surface area (Å²) >= 11 is 1.62. The van der Waals surface area contributed by atoms with Gasteiger partial charge in [-0.05, 0) is 65.3 Å². The number of halogens is 1. The van der Waals surface area contributed by atoms with E-state index in [-0.39, 0.29) is 35.1 Å². The van der Waals surface area contributed by atoms with E-state index >= 15 is 0 Å². The second kappa shape index (κ2) is 10.4. The Balaban J connectivity index is 1.29. The highest BCUT2D eigenvalue weighted by atomic mass is 32.1. The van der Waals surface area contributed by atoms with Gasteiger partial charge < -0.3 is 13.9 Å². The molecule has 41 heavy (non-hydrogen) atoms. The third-order valence-electron chi connectivity index (χ3n) is 7.51. The van der Waals surface area contributed by atoms with E-state index in [0.29, 0.717) is 22.6 Å². The number of hydrogen-bond acceptors (Lipinski definition) is 6. The molecular weight excluding hydrogens is 539 g/mol. The molecule has 3 heterocycles. The molecule has 0 saturated carbocycles. The van der Waals surface area contributed by atoms with Crippen molar-refractivity contribution in [3.8, 4) is 11.5 Å². The van der Waals surface area contributed by atoms with Crippen LogP contribution in [-0.4, -0.2) is 11.7 Å². The number of aromatic nitrogens is 1. The van der Waals surface area contributed by atoms with Gasteiger partial charge in [-0.1, -0.05) is 54.6 Å². The molecule has 1 atom stereocenters. The minimum atomic E-state index is -0.329. The van der Waals surface area contributed by atoms with E-state index in [4.69, 9.17) is 18.9 Å². The number of benzene rings is 3. The Morgan fingerprint density at radius 2 is 1.90 bits per heavy atom. The Hall–Kier alpha value is -4.69. The van der Waals surface area contributed by atoms with Crippen LogP contribution in [0.4, 0.5) is 4.39 Å². The first-order valence-electron chi connectivity index (χ1n) is 13.3. The molecule has 5 aromatic rings. The first-order chi connectivity index (χ1) is 20.1. The molecule has 3 aromatic carbocycles. The Kier molecular flexibility index (Phi) is 6.40. The number of methoxy groups -OCH3 is 1. The van der Waals surface area contributed by atoms with Gasteiger partial charge in [0.15, 0.2) is 16.9 Å². The van der Waals surface area contributed by atoms with Crippen molar-refractivity contribution in [2.24, 2.45) is 4.99 Å². The van der Waals surface area contributed by atoms with Gasteiger partial charge in [0.25, 0.3) is 5.56 Å². The van der Waals surface area contributed by atoms with Crippen LogP contribution in [0.2, 0.25) is 0 Å². The highest BCUT2D eigenvalue weighted by molar-refractivity contribution is 7.10. The quantitative estimate of drug-likeness (QED) is 0.268. The van der Waals surface area contributed by atoms with Crippen molar-refractivity contribution in [1.82, 2.24) is 4.57 Å². The standard InChI is InChI=1S/C33H25FN2O4S/c1-38-27-17-20(12-15-26(27)39-19-22-8-3-5-10-25(22)34)18-28-32(37)36-31(29-11-6-16-41-29)24-14-13-21-7-2-4-9-23(21)30(24)35-33(36)40-28/h2-12,15-18,31H,13-14,19H2,1H3/b28-18-. The van der Waals surface area contributed by atoms with Crippen LogP contribution >= 0.6 is 11.3 Å². The normalized spacial score (nSPS) is 16.0. The zero-order valence-corrected chi connectivity index (χ0v) is 23.0. The van der Waals surface area contributed by atoms with E-state index in [1.54, 1.807) is 58.4 Å². The first-order valence-corrected chi connectivity index (χ1v) is 14.2. The van der Waals surface area contributed by atoms with E-state index < -0.39 is 0 Å². The Bertz CT molecular complexity index is 1990. The third-order valence-corrected chi connectivity index (χ3v) is 8.44. The SMILES string of the molecule is COc1cc(/C=c2\oc3n(c2=O)C(c2cccs2)C2=C(N=3)c3ccccc3CC2)ccc1OCc1ccccc1F. The Morgan fingerprint density at radius 1 is 1.05 bits per heavy atom. The largest absolute Gasteiger partial charge is 0.493 e. The van der Waals surface area contributed by atoms with Crippen molar-refractivity contribution in [3.63, 3.8) is 0 Å². The number of hydrogen-bond donors (Lipinski definition) is 0. The smallest absolute Gasteiger partial charge is 0.306 e. The molecule has 0 spiro atoms. The number of oxazole rings is 1. The molecule has 0 N–H and O–H groups in total. The zero-order valence-electron chi connectivity index (χ0n) is 22.2. The molecule has 6 nitrogen and oxygen atoms in total. The molecule has 204 valence electrons. The van der Waals surface area contributed by atoms with Crippen LogP contribution in [0.5, 0.6) is 11.5 Å². The lowest BCUT2D eigenvalue weighted by molar-refractivity contribution is 0.279. The molecule has 8 heteroatoms. The maximum Gasteiger partial charge on any atom is 0.306 e. The lowest BCUT2D eigenvalue weighted by Crippen LogP contribution is -2.38. The number of aryl methyl sites for hydroxylation is 1. The monoisotopic (exact) mass is 564 g/mol. The summed E-state index contributed by atoms with van der Waals surface area (Å²) in [4.78, 5) is 19.8. The highest BCUT2D eigenvalue weighted by Gasteiger charge is 2.33. The molecule has 1 aliphatic heterocycles. The van der Waals surface area contributed by atoms with Gasteiger partial charge in [-0.25, -0.2) is 8.96 Å². The summed E-state index contributed by atoms with van der Waals surface area (Å²) in [5.74, 6) is 0.595. The molecule has 0 bridgehead atoms. The van der Waals surface area contributed by atoms with Crippen molar-refractivity contribution in [2.75, 3.05) is 7.11 Å². The van der Waals surface area contributed by atoms with Crippen LogP contribution in [0.15, 0.2) is 104 Å². The fourth-order valence-electron chi connectivity index (χ4n) is 5.53. The van der Waals surface area contributed by atoms with Crippen molar-refractivity contribution < 1.29 is 18.3 Å². The topological polar surface area (TPSA) is 66.0 Å². The predicted octanol–water partition coefficient (Wildman–Crippen LogP) is 5.64. The molecular formula is C33H25FN2O4S. The van der Waals surface area contributed by atoms with E-state index in [0.717, 1.165) is 34.6 Å². The summed E-state index contributed by atoms with van der Waals surface area (Å²) in [5, 5.41) is 2.03. The van der Waals surface area contributed by atoms with Crippen molar-refractivity contribution in [2.45, 2.75) is 25.5 Å². The van der Waals surface area contributed by atoms with E-state index in [2.05, 4.69) is 18.2 Å². The summed E-state index contributed by atoms with van der Waals surface area (Å²) in [6.07, 6.45) is 3.41. The number of thiophene rings is 1. The first kappa shape index (κ1) is 25.3. The Labute approximate surface area is 239 Å². The fourth-order valence-corrected chi connectivity index (χ4v) is 6.38. The van der Waals surface area contributed by atoms with Gasteiger partial charge in [-0.15, -0.1) is 11.3 Å². The second-order valence-corrected chi connectivity index (χ2v) is 10.9. The average Bonchev–Trinajstić information content (AvgIpc) is 3.64. The lowest BCUT2D eigenvalue weighted by atomic mass is 9.85. The van der Waals surface area contributed by atoms with Crippen LogP contribution in [0.3, 0.4) is 0 Å². The number of nitrogens with zero attached hydrogens (tertiary/aromatic N) is 2. The molecule has 0 radical (unpaired) electrons. The van der Waals surface area contributed by atoms with Crippen LogP contribution < -0.4 is 26.1 Å². The molecule has 2 aromatic heterocycles. The number of fused-ring (bicyclic) bond motifs is 3. The minimum Gasteiger partial charge on any atom is -0.493 e. The van der Waals surface area contributed by atoms with Gasteiger partial charge in [0.1, 0.15) is 12.4 Å². The molecule has 0 amide bonds. The van der Waals surface area contributed by atoms with E-state index in [9.17, 15) is 9.18 Å². The summed E-state index contributed by atoms with van der Waals surface area (Å²) in [6.45, 7) is 0.0603. The van der Waals surface area contributed by atoms with E-state index in [1.165, 1.54) is 18.7 Å². The van der Waals surface area contributed by atoms with Crippen LogP contribution in [0, 0.1) is 5.82 Å². The molecule has 2 aliphatic rings. The molecule has 0 fully saturated rings. The van der Waals surface area contributed by atoms with Gasteiger partial charge >= 0.3 is 5.68 Å². The van der Waals surface area contributed by atoms with Crippen LogP contribution in [0.1, 0.15) is 39.6 Å². The number of ether oxygens (including phenoxy) is 2. The molecule has 1 aliphatic carbocycles. The van der Waals surface area contributed by atoms with Gasteiger partial charge in [-0.2, -0.15) is 4.99 Å². The van der Waals surface area contributed by atoms with Crippen LogP contribution in [-0.2, 0) is 13.0 Å². The van der Waals surface area contributed by atoms with Gasteiger partial charge in [0.05, 0.1) is 18.8 Å². The van der Waals surface area contributed by atoms with Gasteiger partial charge in [-0.3, -0.25) is 4.79 Å². The average molecular weight is 565 g/mol. The maximum atomic E-state index is 14.0. The highest BCUT2D eigenvalue weighted by Crippen LogP contribution is 2.42. The number of rotatable bonds is 6. The zero-order chi connectivity index (χ0) is 27.9. The van der Waals surface area contributed by atoms with Crippen molar-refractivity contribution >= 4 is 23.1 Å². The van der Waals surface area contributed by atoms with Crippen molar-refractivity contribution in [1.29, 1.82) is 0 Å². The maximum absolute atomic E-state index is 14.0.